The smallest absolute Gasteiger partial charge is 0.124 e. The van der Waals surface area contributed by atoms with Gasteiger partial charge in [0.15, 0.2) is 0 Å². The first-order chi connectivity index (χ1) is 10.2. The van der Waals surface area contributed by atoms with Crippen LogP contribution in [-0.4, -0.2) is 13.2 Å². The number of ether oxygens (including phenoxy) is 2. The number of rotatable bonds is 7. The molecule has 3 nitrogen and oxygen atoms in total. The molecular formula is C18H29NO2. The van der Waals surface area contributed by atoms with Crippen molar-refractivity contribution in [1.29, 1.82) is 0 Å². The van der Waals surface area contributed by atoms with Gasteiger partial charge in [-0.1, -0.05) is 25.3 Å². The van der Waals surface area contributed by atoms with E-state index in [0.29, 0.717) is 13.2 Å². The molecule has 1 aliphatic rings. The second-order valence-corrected chi connectivity index (χ2v) is 6.11. The molecule has 0 heterocycles. The summed E-state index contributed by atoms with van der Waals surface area (Å²) in [4.78, 5) is 0. The van der Waals surface area contributed by atoms with Crippen molar-refractivity contribution in [3.8, 4) is 5.75 Å². The normalized spacial score (nSPS) is 17.7. The SMILES string of the molecule is CCOc1ccc(C(C)N)cc1COCC1CCCCC1. The summed E-state index contributed by atoms with van der Waals surface area (Å²) < 4.78 is 11.7. The van der Waals surface area contributed by atoms with Gasteiger partial charge in [-0.05, 0) is 50.3 Å². The van der Waals surface area contributed by atoms with Gasteiger partial charge in [-0.3, -0.25) is 0 Å². The van der Waals surface area contributed by atoms with Crippen LogP contribution < -0.4 is 10.5 Å². The molecule has 118 valence electrons. The van der Waals surface area contributed by atoms with Crippen LogP contribution in [-0.2, 0) is 11.3 Å². The highest BCUT2D eigenvalue weighted by atomic mass is 16.5. The zero-order valence-corrected chi connectivity index (χ0v) is 13.4. The Morgan fingerprint density at radius 3 is 2.67 bits per heavy atom. The third-order valence-corrected chi connectivity index (χ3v) is 4.25. The van der Waals surface area contributed by atoms with Crippen molar-refractivity contribution in [2.24, 2.45) is 11.7 Å². The Bertz CT molecular complexity index is 425. The van der Waals surface area contributed by atoms with Crippen LogP contribution in [0.3, 0.4) is 0 Å². The summed E-state index contributed by atoms with van der Waals surface area (Å²) in [5.41, 5.74) is 8.22. The van der Waals surface area contributed by atoms with E-state index in [9.17, 15) is 0 Å². The van der Waals surface area contributed by atoms with E-state index in [0.717, 1.165) is 29.4 Å². The maximum absolute atomic E-state index is 5.97. The molecule has 0 aliphatic heterocycles. The first-order valence-electron chi connectivity index (χ1n) is 8.29. The van der Waals surface area contributed by atoms with Gasteiger partial charge in [0.05, 0.1) is 13.2 Å². The average Bonchev–Trinajstić information content (AvgIpc) is 2.50. The lowest BCUT2D eigenvalue weighted by Gasteiger charge is -2.21. The minimum absolute atomic E-state index is 0.0396. The number of hydrogen-bond donors (Lipinski definition) is 1. The van der Waals surface area contributed by atoms with Crippen LogP contribution in [0.1, 0.15) is 63.1 Å². The van der Waals surface area contributed by atoms with Crippen LogP contribution >= 0.6 is 0 Å². The van der Waals surface area contributed by atoms with Crippen LogP contribution in [0.5, 0.6) is 5.75 Å². The van der Waals surface area contributed by atoms with E-state index in [1.54, 1.807) is 0 Å². The van der Waals surface area contributed by atoms with E-state index >= 15 is 0 Å². The molecule has 2 N–H and O–H groups in total. The van der Waals surface area contributed by atoms with Gasteiger partial charge < -0.3 is 15.2 Å². The molecule has 0 amide bonds. The van der Waals surface area contributed by atoms with Crippen LogP contribution in [0.2, 0.25) is 0 Å². The lowest BCUT2D eigenvalue weighted by molar-refractivity contribution is 0.0724. The molecule has 1 aromatic carbocycles. The van der Waals surface area contributed by atoms with E-state index < -0.39 is 0 Å². The highest BCUT2D eigenvalue weighted by Crippen LogP contribution is 2.26. The molecule has 0 bridgehead atoms. The zero-order valence-electron chi connectivity index (χ0n) is 13.4. The predicted molar refractivity (Wildman–Crippen MR) is 86.4 cm³/mol. The van der Waals surface area contributed by atoms with E-state index in [-0.39, 0.29) is 6.04 Å². The molecule has 1 aliphatic carbocycles. The maximum Gasteiger partial charge on any atom is 0.124 e. The highest BCUT2D eigenvalue weighted by molar-refractivity contribution is 5.38. The van der Waals surface area contributed by atoms with Crippen molar-refractivity contribution < 1.29 is 9.47 Å². The predicted octanol–water partition coefficient (Wildman–Crippen LogP) is 4.20. The van der Waals surface area contributed by atoms with Gasteiger partial charge in [0, 0.05) is 18.2 Å². The Balaban J connectivity index is 1.93. The van der Waals surface area contributed by atoms with Crippen molar-refractivity contribution in [2.45, 2.75) is 58.6 Å². The first kappa shape index (κ1) is 16.3. The molecule has 1 fully saturated rings. The molecule has 0 saturated heterocycles. The first-order valence-corrected chi connectivity index (χ1v) is 8.29. The van der Waals surface area contributed by atoms with Crippen molar-refractivity contribution in [3.05, 3.63) is 29.3 Å². The van der Waals surface area contributed by atoms with Crippen LogP contribution in [0.15, 0.2) is 18.2 Å². The van der Waals surface area contributed by atoms with Crippen molar-refractivity contribution in [2.75, 3.05) is 13.2 Å². The van der Waals surface area contributed by atoms with E-state index in [1.807, 2.05) is 26.0 Å². The second kappa shape index (κ2) is 8.40. The van der Waals surface area contributed by atoms with Gasteiger partial charge in [-0.15, -0.1) is 0 Å². The Morgan fingerprint density at radius 2 is 2.00 bits per heavy atom. The Hall–Kier alpha value is -1.06. The lowest BCUT2D eigenvalue weighted by atomic mass is 9.90. The van der Waals surface area contributed by atoms with E-state index in [1.165, 1.54) is 32.1 Å². The molecule has 21 heavy (non-hydrogen) atoms. The van der Waals surface area contributed by atoms with Gasteiger partial charge in [-0.2, -0.15) is 0 Å². The third-order valence-electron chi connectivity index (χ3n) is 4.25. The van der Waals surface area contributed by atoms with Crippen LogP contribution in [0.25, 0.3) is 0 Å². The Morgan fingerprint density at radius 1 is 1.24 bits per heavy atom. The quantitative estimate of drug-likeness (QED) is 0.818. The molecule has 0 spiro atoms. The molecule has 3 heteroatoms. The van der Waals surface area contributed by atoms with E-state index in [4.69, 9.17) is 15.2 Å². The minimum atomic E-state index is 0.0396. The molecule has 0 radical (unpaired) electrons. The third kappa shape index (κ3) is 5.01. The zero-order chi connectivity index (χ0) is 15.1. The summed E-state index contributed by atoms with van der Waals surface area (Å²) in [6, 6.07) is 6.22. The van der Waals surface area contributed by atoms with Gasteiger partial charge in [0.1, 0.15) is 5.75 Å². The van der Waals surface area contributed by atoms with Gasteiger partial charge in [0.2, 0.25) is 0 Å². The summed E-state index contributed by atoms with van der Waals surface area (Å²) in [6.45, 7) is 6.17. The Labute approximate surface area is 128 Å². The van der Waals surface area contributed by atoms with Crippen LogP contribution in [0, 0.1) is 5.92 Å². The number of nitrogens with two attached hydrogens (primary N) is 1. The topological polar surface area (TPSA) is 44.5 Å². The number of benzene rings is 1. The van der Waals surface area contributed by atoms with Crippen molar-refractivity contribution in [1.82, 2.24) is 0 Å². The maximum atomic E-state index is 5.97. The second-order valence-electron chi connectivity index (χ2n) is 6.11. The highest BCUT2D eigenvalue weighted by Gasteiger charge is 2.14. The summed E-state index contributed by atoms with van der Waals surface area (Å²) in [7, 11) is 0. The Kier molecular flexibility index (Phi) is 6.52. The fourth-order valence-corrected chi connectivity index (χ4v) is 2.98. The summed E-state index contributed by atoms with van der Waals surface area (Å²) in [5, 5.41) is 0. The fraction of sp³-hybridized carbons (Fsp3) is 0.667. The monoisotopic (exact) mass is 291 g/mol. The van der Waals surface area contributed by atoms with E-state index in [2.05, 4.69) is 6.07 Å². The molecular weight excluding hydrogens is 262 g/mol. The summed E-state index contributed by atoms with van der Waals surface area (Å²) in [6.07, 6.45) is 6.74. The van der Waals surface area contributed by atoms with Crippen LogP contribution in [0.4, 0.5) is 0 Å². The minimum Gasteiger partial charge on any atom is -0.494 e. The summed E-state index contributed by atoms with van der Waals surface area (Å²) in [5.74, 6) is 1.66. The van der Waals surface area contributed by atoms with Crippen molar-refractivity contribution in [3.63, 3.8) is 0 Å². The molecule has 1 aromatic rings. The van der Waals surface area contributed by atoms with Gasteiger partial charge in [0.25, 0.3) is 0 Å². The standard InChI is InChI=1S/C18H29NO2/c1-3-21-18-10-9-16(14(2)19)11-17(18)13-20-12-15-7-5-4-6-8-15/h9-11,14-15H,3-8,12-13,19H2,1-2H3. The number of hydrogen-bond acceptors (Lipinski definition) is 3. The van der Waals surface area contributed by atoms with Gasteiger partial charge >= 0.3 is 0 Å². The van der Waals surface area contributed by atoms with Crippen molar-refractivity contribution >= 4 is 0 Å². The van der Waals surface area contributed by atoms with Gasteiger partial charge in [-0.25, -0.2) is 0 Å². The largest absolute Gasteiger partial charge is 0.494 e. The summed E-state index contributed by atoms with van der Waals surface area (Å²) >= 11 is 0. The molecule has 1 atom stereocenters. The molecule has 0 aromatic heterocycles. The molecule has 1 saturated carbocycles. The average molecular weight is 291 g/mol. The molecule has 2 rings (SSSR count). The molecule has 1 unspecified atom stereocenters. The fourth-order valence-electron chi connectivity index (χ4n) is 2.98. The lowest BCUT2D eigenvalue weighted by Crippen LogP contribution is -2.14.